The Bertz CT molecular complexity index is 1650. The molecule has 8 nitrogen and oxygen atoms in total. The monoisotopic (exact) mass is 571 g/mol. The van der Waals surface area contributed by atoms with E-state index in [9.17, 15) is 24.0 Å². The molecule has 2 aromatic carbocycles. The standard InChI is InChI=1S/C31H27ClFN5O3/c1-17-3-2-4-26(38-12-10-19(15-27(38)39)28-21(16-34)6-8-23(32)29(28)33)25-13-18(9-11-36-25)22-7-5-20(30(35)40)14-24(22)37-31(17)41/h5-9,11,13-15,17,26H,2-4,10,12H2,1H3,(H2,35,40)(H,37,41). The van der Waals surface area contributed by atoms with Crippen LogP contribution in [0.4, 0.5) is 10.1 Å². The Morgan fingerprint density at radius 2 is 2.00 bits per heavy atom. The van der Waals surface area contributed by atoms with Crippen LogP contribution in [0.1, 0.15) is 65.8 Å². The third-order valence-corrected chi connectivity index (χ3v) is 7.97. The van der Waals surface area contributed by atoms with Crippen LogP contribution < -0.4 is 11.1 Å². The molecule has 2 bridgehead atoms. The number of nitriles is 1. The number of anilines is 1. The second kappa shape index (κ2) is 11.5. The van der Waals surface area contributed by atoms with E-state index < -0.39 is 17.8 Å². The number of pyridine rings is 1. The minimum atomic E-state index is -0.719. The number of nitrogens with zero attached hydrogens (tertiary/aromatic N) is 3. The first-order valence-corrected chi connectivity index (χ1v) is 13.7. The lowest BCUT2D eigenvalue weighted by molar-refractivity contribution is -0.129. The molecule has 0 saturated carbocycles. The van der Waals surface area contributed by atoms with Gasteiger partial charge in [-0.25, -0.2) is 4.39 Å². The van der Waals surface area contributed by atoms with Crippen LogP contribution in [-0.4, -0.2) is 34.2 Å². The number of nitrogens with one attached hydrogen (secondary N) is 1. The zero-order valence-corrected chi connectivity index (χ0v) is 23.0. The number of hydrogen-bond acceptors (Lipinski definition) is 5. The molecule has 2 atom stereocenters. The molecule has 2 unspecified atom stereocenters. The highest BCUT2D eigenvalue weighted by molar-refractivity contribution is 6.31. The van der Waals surface area contributed by atoms with Gasteiger partial charge >= 0.3 is 0 Å². The molecule has 3 heterocycles. The number of aromatic nitrogens is 1. The largest absolute Gasteiger partial charge is 0.366 e. The van der Waals surface area contributed by atoms with E-state index in [-0.39, 0.29) is 46.0 Å². The summed E-state index contributed by atoms with van der Waals surface area (Å²) < 4.78 is 15.0. The Hall–Kier alpha value is -4.55. The van der Waals surface area contributed by atoms with Crippen molar-refractivity contribution >= 4 is 40.6 Å². The van der Waals surface area contributed by atoms with Gasteiger partial charge in [0.05, 0.1) is 28.4 Å². The van der Waals surface area contributed by atoms with Gasteiger partial charge in [-0.2, -0.15) is 5.26 Å². The molecule has 41 heavy (non-hydrogen) atoms. The van der Waals surface area contributed by atoms with Gasteiger partial charge in [-0.1, -0.05) is 31.0 Å². The van der Waals surface area contributed by atoms with Crippen LogP contribution in [0.2, 0.25) is 5.02 Å². The number of fused-ring (bicyclic) bond motifs is 4. The van der Waals surface area contributed by atoms with E-state index in [4.69, 9.17) is 17.3 Å². The molecule has 0 saturated heterocycles. The van der Waals surface area contributed by atoms with Crippen LogP contribution in [0.15, 0.2) is 54.7 Å². The predicted octanol–water partition coefficient (Wildman–Crippen LogP) is 5.63. The average molecular weight is 572 g/mol. The van der Waals surface area contributed by atoms with E-state index in [1.807, 2.05) is 19.1 Å². The predicted molar refractivity (Wildman–Crippen MR) is 153 cm³/mol. The first-order valence-electron chi connectivity index (χ1n) is 13.3. The minimum absolute atomic E-state index is 0.0542. The molecular formula is C31H27ClFN5O3. The van der Waals surface area contributed by atoms with E-state index in [2.05, 4.69) is 10.3 Å². The van der Waals surface area contributed by atoms with Crippen LogP contribution in [0.25, 0.3) is 16.7 Å². The number of carbonyl (C=O) groups excluding carboxylic acids is 3. The molecule has 0 fully saturated rings. The maximum Gasteiger partial charge on any atom is 0.248 e. The molecule has 3 aromatic rings. The molecule has 208 valence electrons. The number of benzene rings is 2. The van der Waals surface area contributed by atoms with Crippen molar-refractivity contribution in [3.05, 3.63) is 88.0 Å². The highest BCUT2D eigenvalue weighted by atomic mass is 35.5. The summed E-state index contributed by atoms with van der Waals surface area (Å²) in [7, 11) is 0. The highest BCUT2D eigenvalue weighted by Gasteiger charge is 2.31. The molecule has 3 amide bonds. The van der Waals surface area contributed by atoms with Crippen molar-refractivity contribution < 1.29 is 18.8 Å². The smallest absolute Gasteiger partial charge is 0.248 e. The van der Waals surface area contributed by atoms with Crippen LogP contribution in [-0.2, 0) is 9.59 Å². The van der Waals surface area contributed by atoms with Crippen molar-refractivity contribution in [2.75, 3.05) is 11.9 Å². The Kier molecular flexibility index (Phi) is 7.86. The van der Waals surface area contributed by atoms with Crippen molar-refractivity contribution in [2.24, 2.45) is 11.7 Å². The SMILES string of the molecule is CC1CCCC(N2CCC(c3c(C#N)ccc(Cl)c3F)=CC2=O)c2cc(ccn2)-c2ccc(C(N)=O)cc2NC1=O. The zero-order chi connectivity index (χ0) is 29.3. The molecule has 1 aromatic heterocycles. The maximum atomic E-state index is 15.0. The van der Waals surface area contributed by atoms with Gasteiger partial charge in [-0.05, 0) is 66.8 Å². The van der Waals surface area contributed by atoms with Crippen molar-refractivity contribution in [1.29, 1.82) is 5.26 Å². The second-order valence-electron chi connectivity index (χ2n) is 10.3. The van der Waals surface area contributed by atoms with Gasteiger partial charge in [0.1, 0.15) is 0 Å². The quantitative estimate of drug-likeness (QED) is 0.421. The molecule has 0 aliphatic carbocycles. The molecule has 3 N–H and O–H groups in total. The van der Waals surface area contributed by atoms with Gasteiger partial charge in [0.2, 0.25) is 17.7 Å². The summed E-state index contributed by atoms with van der Waals surface area (Å²) in [5.74, 6) is -2.16. The fourth-order valence-corrected chi connectivity index (χ4v) is 5.60. The number of amides is 3. The Morgan fingerprint density at radius 1 is 1.20 bits per heavy atom. The Balaban J connectivity index is 1.55. The third-order valence-electron chi connectivity index (χ3n) is 7.67. The molecule has 0 spiro atoms. The van der Waals surface area contributed by atoms with Crippen molar-refractivity contribution in [3.8, 4) is 17.2 Å². The topological polar surface area (TPSA) is 129 Å². The van der Waals surface area contributed by atoms with Gasteiger partial charge in [-0.3, -0.25) is 19.4 Å². The number of carbonyl (C=O) groups is 3. The van der Waals surface area contributed by atoms with E-state index in [0.717, 1.165) is 5.56 Å². The summed E-state index contributed by atoms with van der Waals surface area (Å²) in [6.45, 7) is 2.12. The number of hydrogen-bond donors (Lipinski definition) is 2. The first-order chi connectivity index (χ1) is 19.7. The van der Waals surface area contributed by atoms with Gasteiger partial charge in [0.15, 0.2) is 5.82 Å². The molecule has 10 heteroatoms. The molecule has 2 aliphatic heterocycles. The van der Waals surface area contributed by atoms with Gasteiger partial charge in [0, 0.05) is 47.1 Å². The fourth-order valence-electron chi connectivity index (χ4n) is 5.44. The van der Waals surface area contributed by atoms with Crippen LogP contribution >= 0.6 is 11.6 Å². The zero-order valence-electron chi connectivity index (χ0n) is 22.3. The molecule has 5 rings (SSSR count). The lowest BCUT2D eigenvalue weighted by Gasteiger charge is -2.34. The second-order valence-corrected chi connectivity index (χ2v) is 10.7. The maximum absolute atomic E-state index is 15.0. The van der Waals surface area contributed by atoms with Crippen LogP contribution in [0.5, 0.6) is 0 Å². The molecule has 2 aliphatic rings. The summed E-state index contributed by atoms with van der Waals surface area (Å²) in [5, 5.41) is 12.4. The van der Waals surface area contributed by atoms with Gasteiger partial charge in [0.25, 0.3) is 0 Å². The number of halogens is 2. The Morgan fingerprint density at radius 3 is 2.73 bits per heavy atom. The summed E-state index contributed by atoms with van der Waals surface area (Å²) in [6.07, 6.45) is 5.11. The molecular weight excluding hydrogens is 545 g/mol. The minimum Gasteiger partial charge on any atom is -0.366 e. The van der Waals surface area contributed by atoms with E-state index in [0.29, 0.717) is 48.2 Å². The van der Waals surface area contributed by atoms with Gasteiger partial charge in [-0.15, -0.1) is 0 Å². The van der Waals surface area contributed by atoms with Crippen molar-refractivity contribution in [1.82, 2.24) is 9.88 Å². The highest BCUT2D eigenvalue weighted by Crippen LogP contribution is 2.37. The fraction of sp³-hybridized carbons (Fsp3) is 0.258. The lowest BCUT2D eigenvalue weighted by Crippen LogP contribution is -2.38. The van der Waals surface area contributed by atoms with Crippen LogP contribution in [0, 0.1) is 23.1 Å². The molecule has 0 radical (unpaired) electrons. The normalized spacial score (nSPS) is 19.2. The third kappa shape index (κ3) is 5.56. The van der Waals surface area contributed by atoms with E-state index in [1.165, 1.54) is 18.2 Å². The average Bonchev–Trinajstić information content (AvgIpc) is 2.96. The van der Waals surface area contributed by atoms with Crippen molar-refractivity contribution in [3.63, 3.8) is 0 Å². The first kappa shape index (κ1) is 28.0. The van der Waals surface area contributed by atoms with Crippen molar-refractivity contribution in [2.45, 2.75) is 38.6 Å². The lowest BCUT2D eigenvalue weighted by atomic mass is 9.91. The number of primary amides is 1. The number of rotatable bonds is 3. The van der Waals surface area contributed by atoms with Crippen LogP contribution in [0.3, 0.4) is 0 Å². The van der Waals surface area contributed by atoms with E-state index >= 15 is 0 Å². The van der Waals surface area contributed by atoms with E-state index in [1.54, 1.807) is 35.4 Å². The summed E-state index contributed by atoms with van der Waals surface area (Å²) >= 11 is 5.99. The van der Waals surface area contributed by atoms with Gasteiger partial charge < -0.3 is 16.0 Å². The summed E-state index contributed by atoms with van der Waals surface area (Å²) in [6, 6.07) is 12.9. The summed E-state index contributed by atoms with van der Waals surface area (Å²) in [4.78, 5) is 44.7. The Labute approximate surface area is 241 Å². The number of nitrogens with two attached hydrogens (primary N) is 1. The summed E-state index contributed by atoms with van der Waals surface area (Å²) in [5.41, 5.74) is 8.92.